The van der Waals surface area contributed by atoms with Crippen molar-refractivity contribution in [2.45, 2.75) is 43.4 Å². The van der Waals surface area contributed by atoms with Gasteiger partial charge in [0.1, 0.15) is 5.69 Å². The van der Waals surface area contributed by atoms with Crippen molar-refractivity contribution in [3.05, 3.63) is 11.1 Å². The van der Waals surface area contributed by atoms with Gasteiger partial charge in [-0.25, -0.2) is 4.98 Å². The zero-order chi connectivity index (χ0) is 19.4. The Morgan fingerprint density at radius 2 is 1.89 bits per heavy atom. The number of nitrogens with one attached hydrogen (secondary N) is 2. The largest absolute Gasteiger partial charge is 0.378 e. The lowest BCUT2D eigenvalue weighted by molar-refractivity contribution is -0.145. The number of carbonyl (C=O) groups is 2. The average molecular weight is 425 g/mol. The number of nitrogens with zero attached hydrogens (tertiary/aromatic N) is 2. The predicted octanol–water partition coefficient (Wildman–Crippen LogP) is 2.32. The third-order valence-electron chi connectivity index (χ3n) is 6.77. The molecule has 4 aliphatic carbocycles. The first-order valence-electron chi connectivity index (χ1n) is 10.0. The summed E-state index contributed by atoms with van der Waals surface area (Å²) in [5.74, 6) is 0.600. The van der Waals surface area contributed by atoms with Gasteiger partial charge in [-0.2, -0.15) is 0 Å². The van der Waals surface area contributed by atoms with E-state index in [-0.39, 0.29) is 16.7 Å². The van der Waals surface area contributed by atoms with Gasteiger partial charge in [0.2, 0.25) is 5.91 Å². The number of anilines is 1. The number of rotatable bonds is 3. The number of amides is 2. The standard InChI is InChI=1S/C19H25ClN4O3S/c20-19-8-12-5-13(9-19)7-18(6-12,11-19)16(26)23-22-15(25)14-10-28-17(21-14)24-1-3-27-4-2-24/h10,12-13H,1-9,11H2,(H,22,25)(H,23,26). The molecule has 6 rings (SSSR count). The van der Waals surface area contributed by atoms with E-state index < -0.39 is 5.41 Å². The number of halogens is 1. The van der Waals surface area contributed by atoms with Crippen LogP contribution in [-0.2, 0) is 9.53 Å². The van der Waals surface area contributed by atoms with Crippen LogP contribution in [0.1, 0.15) is 49.0 Å². The van der Waals surface area contributed by atoms with Crippen LogP contribution in [0.4, 0.5) is 5.13 Å². The topological polar surface area (TPSA) is 83.6 Å². The lowest BCUT2D eigenvalue weighted by atomic mass is 9.49. The number of aromatic nitrogens is 1. The molecule has 1 aliphatic heterocycles. The molecule has 0 aromatic carbocycles. The van der Waals surface area contributed by atoms with Crippen LogP contribution >= 0.6 is 22.9 Å². The van der Waals surface area contributed by atoms with Gasteiger partial charge in [0.25, 0.3) is 5.91 Å². The Balaban J connectivity index is 1.21. The van der Waals surface area contributed by atoms with Crippen LogP contribution in [-0.4, -0.2) is 48.0 Å². The molecule has 1 aromatic heterocycles. The summed E-state index contributed by atoms with van der Waals surface area (Å²) in [7, 11) is 0. The highest BCUT2D eigenvalue weighted by molar-refractivity contribution is 7.13. The molecule has 4 saturated carbocycles. The average Bonchev–Trinajstić information content (AvgIpc) is 3.15. The molecule has 1 saturated heterocycles. The minimum absolute atomic E-state index is 0.0939. The number of morpholine rings is 1. The van der Waals surface area contributed by atoms with E-state index in [1.807, 2.05) is 0 Å². The lowest BCUT2D eigenvalue weighted by Gasteiger charge is -2.59. The summed E-state index contributed by atoms with van der Waals surface area (Å²) in [5, 5.41) is 2.54. The van der Waals surface area contributed by atoms with Gasteiger partial charge in [-0.05, 0) is 50.4 Å². The molecule has 2 unspecified atom stereocenters. The van der Waals surface area contributed by atoms with Gasteiger partial charge in [-0.15, -0.1) is 22.9 Å². The highest BCUT2D eigenvalue weighted by Crippen LogP contribution is 2.63. The maximum absolute atomic E-state index is 13.0. The molecule has 9 heteroatoms. The fraction of sp³-hybridized carbons (Fsp3) is 0.737. The lowest BCUT2D eigenvalue weighted by Crippen LogP contribution is -2.60. The zero-order valence-corrected chi connectivity index (χ0v) is 17.3. The quantitative estimate of drug-likeness (QED) is 0.574. The molecule has 0 radical (unpaired) electrons. The Labute approximate surface area is 173 Å². The van der Waals surface area contributed by atoms with E-state index >= 15 is 0 Å². The van der Waals surface area contributed by atoms with E-state index in [1.165, 1.54) is 17.8 Å². The predicted molar refractivity (Wildman–Crippen MR) is 106 cm³/mol. The van der Waals surface area contributed by atoms with Crippen molar-refractivity contribution in [2.75, 3.05) is 31.2 Å². The SMILES string of the molecule is O=C(NNC(=O)C12CC3CC(CC(Cl)(C3)C1)C2)c1csc(N2CCOCC2)n1. The van der Waals surface area contributed by atoms with Crippen LogP contribution in [0.3, 0.4) is 0 Å². The molecular formula is C19H25ClN4O3S. The number of carbonyl (C=O) groups excluding carboxylic acids is 2. The molecule has 2 atom stereocenters. The van der Waals surface area contributed by atoms with Gasteiger partial charge in [-0.3, -0.25) is 20.4 Å². The maximum atomic E-state index is 13.0. The molecule has 2 heterocycles. The Bertz CT molecular complexity index is 780. The Morgan fingerprint density at radius 1 is 1.18 bits per heavy atom. The van der Waals surface area contributed by atoms with E-state index in [0.717, 1.165) is 43.9 Å². The monoisotopic (exact) mass is 424 g/mol. The van der Waals surface area contributed by atoms with E-state index in [0.29, 0.717) is 37.2 Å². The summed E-state index contributed by atoms with van der Waals surface area (Å²) in [6.45, 7) is 2.89. The summed E-state index contributed by atoms with van der Waals surface area (Å²) in [4.78, 5) is 31.8. The van der Waals surface area contributed by atoms with Crippen LogP contribution in [0.5, 0.6) is 0 Å². The van der Waals surface area contributed by atoms with Crippen molar-refractivity contribution in [2.24, 2.45) is 17.3 Å². The van der Waals surface area contributed by atoms with E-state index in [4.69, 9.17) is 16.3 Å². The number of thiazole rings is 1. The molecular weight excluding hydrogens is 400 g/mol. The fourth-order valence-electron chi connectivity index (χ4n) is 6.00. The van der Waals surface area contributed by atoms with Crippen molar-refractivity contribution >= 4 is 39.9 Å². The highest BCUT2D eigenvalue weighted by Gasteiger charge is 2.60. The van der Waals surface area contributed by atoms with Crippen LogP contribution in [0.15, 0.2) is 5.38 Å². The molecule has 4 bridgehead atoms. The molecule has 5 fully saturated rings. The second kappa shape index (κ2) is 6.85. The summed E-state index contributed by atoms with van der Waals surface area (Å²) < 4.78 is 5.35. The number of hydrazine groups is 1. The van der Waals surface area contributed by atoms with Crippen molar-refractivity contribution in [3.8, 4) is 0 Å². The number of hydrogen-bond donors (Lipinski definition) is 2. The summed E-state index contributed by atoms with van der Waals surface area (Å²) >= 11 is 8.24. The second-order valence-corrected chi connectivity index (χ2v) is 10.6. The van der Waals surface area contributed by atoms with Gasteiger partial charge in [0.05, 0.1) is 18.6 Å². The molecule has 5 aliphatic rings. The first-order valence-corrected chi connectivity index (χ1v) is 11.3. The van der Waals surface area contributed by atoms with Crippen molar-refractivity contribution in [1.82, 2.24) is 15.8 Å². The van der Waals surface area contributed by atoms with Crippen LogP contribution in [0.2, 0.25) is 0 Å². The second-order valence-electron chi connectivity index (χ2n) is 8.92. The van der Waals surface area contributed by atoms with Crippen molar-refractivity contribution in [1.29, 1.82) is 0 Å². The van der Waals surface area contributed by atoms with Gasteiger partial charge in [0, 0.05) is 23.3 Å². The summed E-state index contributed by atoms with van der Waals surface area (Å²) in [6, 6.07) is 0. The normalized spacial score (nSPS) is 36.4. The zero-order valence-electron chi connectivity index (χ0n) is 15.7. The minimum Gasteiger partial charge on any atom is -0.378 e. The van der Waals surface area contributed by atoms with Gasteiger partial charge >= 0.3 is 0 Å². The number of ether oxygens (including phenoxy) is 1. The maximum Gasteiger partial charge on any atom is 0.289 e. The smallest absolute Gasteiger partial charge is 0.289 e. The number of hydrogen-bond acceptors (Lipinski definition) is 6. The molecule has 28 heavy (non-hydrogen) atoms. The first-order chi connectivity index (χ1) is 13.4. The minimum atomic E-state index is -0.430. The molecule has 1 aromatic rings. The fourth-order valence-corrected chi connectivity index (χ4v) is 7.55. The molecule has 0 spiro atoms. The van der Waals surface area contributed by atoms with Crippen LogP contribution in [0.25, 0.3) is 0 Å². The number of alkyl halides is 1. The summed E-state index contributed by atoms with van der Waals surface area (Å²) in [6.07, 6.45) is 5.73. The van der Waals surface area contributed by atoms with Gasteiger partial charge < -0.3 is 9.64 Å². The highest BCUT2D eigenvalue weighted by atomic mass is 35.5. The Morgan fingerprint density at radius 3 is 2.57 bits per heavy atom. The van der Waals surface area contributed by atoms with E-state index in [1.54, 1.807) is 5.38 Å². The Kier molecular flexibility index (Phi) is 4.56. The summed E-state index contributed by atoms with van der Waals surface area (Å²) in [5.41, 5.74) is 5.14. The van der Waals surface area contributed by atoms with Crippen LogP contribution in [0, 0.1) is 17.3 Å². The van der Waals surface area contributed by atoms with Crippen LogP contribution < -0.4 is 15.8 Å². The van der Waals surface area contributed by atoms with E-state index in [9.17, 15) is 9.59 Å². The first kappa shape index (κ1) is 18.6. The third-order valence-corrected chi connectivity index (χ3v) is 8.11. The van der Waals surface area contributed by atoms with Gasteiger partial charge in [0.15, 0.2) is 5.13 Å². The Hall–Kier alpha value is -1.38. The molecule has 152 valence electrons. The molecule has 2 N–H and O–H groups in total. The van der Waals surface area contributed by atoms with Gasteiger partial charge in [-0.1, -0.05) is 0 Å². The van der Waals surface area contributed by atoms with Crippen molar-refractivity contribution in [3.63, 3.8) is 0 Å². The van der Waals surface area contributed by atoms with E-state index in [2.05, 4.69) is 20.7 Å². The molecule has 2 amide bonds. The molecule has 7 nitrogen and oxygen atoms in total. The third kappa shape index (κ3) is 3.29. The van der Waals surface area contributed by atoms with Crippen molar-refractivity contribution < 1.29 is 14.3 Å².